The molecule has 3 rings (SSSR count). The van der Waals surface area contributed by atoms with E-state index in [-0.39, 0.29) is 24.1 Å². The van der Waals surface area contributed by atoms with Crippen LogP contribution in [-0.4, -0.2) is 35.7 Å². The number of benzene rings is 1. The monoisotopic (exact) mass is 302 g/mol. The van der Waals surface area contributed by atoms with Crippen molar-refractivity contribution < 1.29 is 9.90 Å². The van der Waals surface area contributed by atoms with E-state index >= 15 is 0 Å². The van der Waals surface area contributed by atoms with E-state index in [0.717, 1.165) is 32.4 Å². The van der Waals surface area contributed by atoms with Gasteiger partial charge >= 0.3 is 6.03 Å². The first-order valence-electron chi connectivity index (χ1n) is 8.26. The number of rotatable bonds is 2. The summed E-state index contributed by atoms with van der Waals surface area (Å²) in [4.78, 5) is 14.5. The van der Waals surface area contributed by atoms with Gasteiger partial charge in [-0.25, -0.2) is 4.79 Å². The molecule has 4 heteroatoms. The van der Waals surface area contributed by atoms with Crippen LogP contribution in [0.15, 0.2) is 24.3 Å². The van der Waals surface area contributed by atoms with Crippen molar-refractivity contribution in [2.45, 2.75) is 39.2 Å². The number of carbonyl (C=O) groups is 1. The minimum Gasteiger partial charge on any atom is -0.396 e. The number of likely N-dealkylation sites (tertiary alicyclic amines) is 1. The molecule has 0 spiro atoms. The Labute approximate surface area is 132 Å². The lowest BCUT2D eigenvalue weighted by molar-refractivity contribution is 0.0690. The van der Waals surface area contributed by atoms with Gasteiger partial charge in [0.2, 0.25) is 0 Å². The molecule has 1 saturated heterocycles. The van der Waals surface area contributed by atoms with Crippen LogP contribution in [0.2, 0.25) is 0 Å². The average Bonchev–Trinajstić information content (AvgIpc) is 2.84. The van der Waals surface area contributed by atoms with Crippen LogP contribution in [0.4, 0.5) is 4.79 Å². The number of fused-ring (bicyclic) bond motifs is 1. The number of nitrogens with one attached hydrogen (secondary N) is 1. The largest absolute Gasteiger partial charge is 0.396 e. The molecule has 1 aliphatic heterocycles. The fraction of sp³-hybridized carbons (Fsp3) is 0.611. The minimum atomic E-state index is -0.0238. The fourth-order valence-corrected chi connectivity index (χ4v) is 3.65. The van der Waals surface area contributed by atoms with Gasteiger partial charge in [-0.05, 0) is 41.7 Å². The summed E-state index contributed by atoms with van der Waals surface area (Å²) < 4.78 is 0. The zero-order chi connectivity index (χ0) is 15.7. The SMILES string of the molecule is C[C@H]1Cc2ccccc2[C@H]1NC(=O)N1CCC(C)(CO)CC1. The first-order chi connectivity index (χ1) is 10.5. The molecule has 1 fully saturated rings. The van der Waals surface area contributed by atoms with Crippen LogP contribution in [0, 0.1) is 11.3 Å². The normalized spacial score (nSPS) is 26.6. The number of urea groups is 1. The first kappa shape index (κ1) is 15.3. The number of carbonyl (C=O) groups excluding carboxylic acids is 1. The van der Waals surface area contributed by atoms with Gasteiger partial charge in [0, 0.05) is 19.7 Å². The lowest BCUT2D eigenvalue weighted by Gasteiger charge is -2.38. The van der Waals surface area contributed by atoms with E-state index in [2.05, 4.69) is 37.4 Å². The van der Waals surface area contributed by atoms with E-state index < -0.39 is 0 Å². The molecule has 2 N–H and O–H groups in total. The molecule has 0 unspecified atom stereocenters. The fourth-order valence-electron chi connectivity index (χ4n) is 3.65. The molecule has 2 amide bonds. The van der Waals surface area contributed by atoms with E-state index in [4.69, 9.17) is 0 Å². The Balaban J connectivity index is 1.63. The highest BCUT2D eigenvalue weighted by atomic mass is 16.3. The van der Waals surface area contributed by atoms with Crippen LogP contribution in [0.1, 0.15) is 43.9 Å². The molecule has 120 valence electrons. The van der Waals surface area contributed by atoms with Crippen molar-refractivity contribution in [3.63, 3.8) is 0 Å². The number of amides is 2. The van der Waals surface area contributed by atoms with E-state index in [9.17, 15) is 9.90 Å². The third-order valence-electron chi connectivity index (χ3n) is 5.42. The lowest BCUT2D eigenvalue weighted by atomic mass is 9.81. The number of aliphatic hydroxyl groups excluding tert-OH is 1. The highest BCUT2D eigenvalue weighted by molar-refractivity contribution is 5.75. The van der Waals surface area contributed by atoms with Gasteiger partial charge in [-0.1, -0.05) is 38.1 Å². The molecule has 0 aromatic heterocycles. The molecule has 0 bridgehead atoms. The van der Waals surface area contributed by atoms with Gasteiger partial charge in [0.1, 0.15) is 0 Å². The van der Waals surface area contributed by atoms with Crippen molar-refractivity contribution in [3.05, 3.63) is 35.4 Å². The standard InChI is InChI=1S/C18H26N2O2/c1-13-11-14-5-3-4-6-15(14)16(13)19-17(22)20-9-7-18(2,12-21)8-10-20/h3-6,13,16,21H,7-12H2,1-2H3,(H,19,22)/t13-,16-/m0/s1. The van der Waals surface area contributed by atoms with Gasteiger partial charge in [-0.3, -0.25) is 0 Å². The summed E-state index contributed by atoms with van der Waals surface area (Å²) in [6.07, 6.45) is 2.77. The maximum atomic E-state index is 12.6. The molecule has 2 atom stereocenters. The van der Waals surface area contributed by atoms with E-state index in [0.29, 0.717) is 5.92 Å². The maximum absolute atomic E-state index is 12.6. The Morgan fingerprint density at radius 3 is 2.73 bits per heavy atom. The van der Waals surface area contributed by atoms with E-state index in [1.54, 1.807) is 0 Å². The van der Waals surface area contributed by atoms with Crippen molar-refractivity contribution in [2.24, 2.45) is 11.3 Å². The van der Waals surface area contributed by atoms with Gasteiger partial charge < -0.3 is 15.3 Å². The lowest BCUT2D eigenvalue weighted by Crippen LogP contribution is -2.48. The Bertz CT molecular complexity index is 550. The van der Waals surface area contributed by atoms with Gasteiger partial charge in [0.15, 0.2) is 0 Å². The molecule has 4 nitrogen and oxygen atoms in total. The Morgan fingerprint density at radius 1 is 1.36 bits per heavy atom. The second kappa shape index (κ2) is 5.92. The van der Waals surface area contributed by atoms with Crippen LogP contribution in [-0.2, 0) is 6.42 Å². The number of nitrogens with zero attached hydrogens (tertiary/aromatic N) is 1. The highest BCUT2D eigenvalue weighted by Crippen LogP contribution is 2.36. The summed E-state index contributed by atoms with van der Waals surface area (Å²) in [5.41, 5.74) is 2.59. The third kappa shape index (κ3) is 2.84. The predicted octanol–water partition coefficient (Wildman–Crippen LogP) is 2.72. The van der Waals surface area contributed by atoms with Crippen molar-refractivity contribution >= 4 is 6.03 Å². The topological polar surface area (TPSA) is 52.6 Å². The van der Waals surface area contributed by atoms with Crippen LogP contribution >= 0.6 is 0 Å². The maximum Gasteiger partial charge on any atom is 0.317 e. The summed E-state index contributed by atoms with van der Waals surface area (Å²) >= 11 is 0. The molecule has 22 heavy (non-hydrogen) atoms. The Morgan fingerprint density at radius 2 is 2.05 bits per heavy atom. The van der Waals surface area contributed by atoms with Gasteiger partial charge in [0.05, 0.1) is 6.04 Å². The molecule has 1 heterocycles. The summed E-state index contributed by atoms with van der Waals surface area (Å²) in [5, 5.41) is 12.7. The number of hydrogen-bond acceptors (Lipinski definition) is 2. The highest BCUT2D eigenvalue weighted by Gasteiger charge is 2.34. The van der Waals surface area contributed by atoms with Crippen LogP contribution in [0.25, 0.3) is 0 Å². The van der Waals surface area contributed by atoms with Crippen LogP contribution in [0.5, 0.6) is 0 Å². The quantitative estimate of drug-likeness (QED) is 0.882. The third-order valence-corrected chi connectivity index (χ3v) is 5.42. The molecule has 1 aromatic carbocycles. The molecule has 0 saturated carbocycles. The van der Waals surface area contributed by atoms with Crippen LogP contribution < -0.4 is 5.32 Å². The zero-order valence-corrected chi connectivity index (χ0v) is 13.5. The smallest absolute Gasteiger partial charge is 0.317 e. The summed E-state index contributed by atoms with van der Waals surface area (Å²) in [6.45, 7) is 5.95. The average molecular weight is 302 g/mol. The first-order valence-corrected chi connectivity index (χ1v) is 8.26. The number of aliphatic hydroxyl groups is 1. The molecular weight excluding hydrogens is 276 g/mol. The van der Waals surface area contributed by atoms with Crippen LogP contribution in [0.3, 0.4) is 0 Å². The number of piperidine rings is 1. The van der Waals surface area contributed by atoms with Crippen molar-refractivity contribution in [1.82, 2.24) is 10.2 Å². The minimum absolute atomic E-state index is 0.0238. The molecule has 0 radical (unpaired) electrons. The predicted molar refractivity (Wildman–Crippen MR) is 86.6 cm³/mol. The van der Waals surface area contributed by atoms with Crippen molar-refractivity contribution in [3.8, 4) is 0 Å². The van der Waals surface area contributed by atoms with Gasteiger partial charge in [-0.2, -0.15) is 0 Å². The van der Waals surface area contributed by atoms with Gasteiger partial charge in [0.25, 0.3) is 0 Å². The number of hydrogen-bond donors (Lipinski definition) is 2. The zero-order valence-electron chi connectivity index (χ0n) is 13.5. The Kier molecular flexibility index (Phi) is 4.13. The van der Waals surface area contributed by atoms with Gasteiger partial charge in [-0.15, -0.1) is 0 Å². The Hall–Kier alpha value is -1.55. The second-order valence-electron chi connectivity index (χ2n) is 7.26. The van der Waals surface area contributed by atoms with Crippen molar-refractivity contribution in [1.29, 1.82) is 0 Å². The van der Waals surface area contributed by atoms with E-state index in [1.165, 1.54) is 11.1 Å². The molecular formula is C18H26N2O2. The van der Waals surface area contributed by atoms with Crippen molar-refractivity contribution in [2.75, 3.05) is 19.7 Å². The second-order valence-corrected chi connectivity index (χ2v) is 7.26. The molecule has 1 aliphatic carbocycles. The summed E-state index contributed by atoms with van der Waals surface area (Å²) in [6, 6.07) is 8.55. The molecule has 2 aliphatic rings. The summed E-state index contributed by atoms with van der Waals surface area (Å²) in [5.74, 6) is 0.439. The summed E-state index contributed by atoms with van der Waals surface area (Å²) in [7, 11) is 0. The van der Waals surface area contributed by atoms with E-state index in [1.807, 2.05) is 11.0 Å². The molecule has 1 aromatic rings.